The van der Waals surface area contributed by atoms with E-state index in [0.717, 1.165) is 13.0 Å². The standard InChI is InChI=1S/C8H15NO3/c1-2-3-12-6-4-7(8(10)11)9-5-6/h6-7,9H,2-5H2,1H3,(H,10,11)/t6?,7-/m1/s1. The quantitative estimate of drug-likeness (QED) is 0.639. The Morgan fingerprint density at radius 2 is 2.50 bits per heavy atom. The van der Waals surface area contributed by atoms with Crippen molar-refractivity contribution in [3.63, 3.8) is 0 Å². The molecule has 1 heterocycles. The summed E-state index contributed by atoms with van der Waals surface area (Å²) in [5.74, 6) is -0.780. The molecule has 70 valence electrons. The maximum atomic E-state index is 10.5. The van der Waals surface area contributed by atoms with Gasteiger partial charge in [-0.15, -0.1) is 0 Å². The van der Waals surface area contributed by atoms with E-state index in [9.17, 15) is 4.79 Å². The Morgan fingerprint density at radius 1 is 1.75 bits per heavy atom. The molecule has 0 spiro atoms. The fourth-order valence-corrected chi connectivity index (χ4v) is 1.30. The van der Waals surface area contributed by atoms with E-state index in [-0.39, 0.29) is 6.10 Å². The van der Waals surface area contributed by atoms with E-state index in [1.807, 2.05) is 6.92 Å². The Morgan fingerprint density at radius 3 is 3.00 bits per heavy atom. The lowest BCUT2D eigenvalue weighted by atomic mass is 10.2. The van der Waals surface area contributed by atoms with Crippen molar-refractivity contribution < 1.29 is 14.6 Å². The molecule has 1 aliphatic heterocycles. The van der Waals surface area contributed by atoms with Crippen molar-refractivity contribution in [3.05, 3.63) is 0 Å². The summed E-state index contributed by atoms with van der Waals surface area (Å²) in [4.78, 5) is 10.5. The number of nitrogens with one attached hydrogen (secondary N) is 1. The van der Waals surface area contributed by atoms with Crippen molar-refractivity contribution in [3.8, 4) is 0 Å². The number of carbonyl (C=O) groups is 1. The zero-order valence-electron chi connectivity index (χ0n) is 7.25. The van der Waals surface area contributed by atoms with Crippen LogP contribution in [-0.4, -0.2) is 36.4 Å². The SMILES string of the molecule is CCCOC1CN[C@@H](C(=O)O)C1. The molecule has 4 heteroatoms. The molecular formula is C8H15NO3. The highest BCUT2D eigenvalue weighted by Crippen LogP contribution is 2.10. The van der Waals surface area contributed by atoms with Gasteiger partial charge in [0.2, 0.25) is 0 Å². The third-order valence-electron chi connectivity index (χ3n) is 1.95. The number of aliphatic carboxylic acids is 1. The van der Waals surface area contributed by atoms with Gasteiger partial charge in [0.05, 0.1) is 6.10 Å². The molecule has 1 saturated heterocycles. The molecule has 0 radical (unpaired) electrons. The van der Waals surface area contributed by atoms with Crippen molar-refractivity contribution in [2.24, 2.45) is 0 Å². The van der Waals surface area contributed by atoms with Gasteiger partial charge in [-0.3, -0.25) is 4.79 Å². The molecule has 2 N–H and O–H groups in total. The molecule has 0 aliphatic carbocycles. The number of carboxylic acid groups (broad SMARTS) is 1. The van der Waals surface area contributed by atoms with Crippen LogP contribution in [-0.2, 0) is 9.53 Å². The highest BCUT2D eigenvalue weighted by atomic mass is 16.5. The van der Waals surface area contributed by atoms with Gasteiger partial charge < -0.3 is 15.2 Å². The Bertz CT molecular complexity index is 160. The fourth-order valence-electron chi connectivity index (χ4n) is 1.30. The number of ether oxygens (including phenoxy) is 1. The van der Waals surface area contributed by atoms with Crippen LogP contribution in [0.1, 0.15) is 19.8 Å². The van der Waals surface area contributed by atoms with Gasteiger partial charge in [0.1, 0.15) is 6.04 Å². The average Bonchev–Trinajstić information content (AvgIpc) is 2.48. The van der Waals surface area contributed by atoms with Crippen LogP contribution in [0.5, 0.6) is 0 Å². The smallest absolute Gasteiger partial charge is 0.320 e. The van der Waals surface area contributed by atoms with Crippen LogP contribution < -0.4 is 5.32 Å². The topological polar surface area (TPSA) is 58.6 Å². The van der Waals surface area contributed by atoms with Crippen molar-refractivity contribution in [1.29, 1.82) is 0 Å². The minimum Gasteiger partial charge on any atom is -0.480 e. The largest absolute Gasteiger partial charge is 0.480 e. The second-order valence-corrected chi connectivity index (χ2v) is 3.03. The summed E-state index contributed by atoms with van der Waals surface area (Å²) in [5, 5.41) is 11.5. The van der Waals surface area contributed by atoms with E-state index in [1.54, 1.807) is 0 Å². The summed E-state index contributed by atoms with van der Waals surface area (Å²) in [6, 6.07) is -0.410. The van der Waals surface area contributed by atoms with Crippen LogP contribution in [0, 0.1) is 0 Å². The monoisotopic (exact) mass is 173 g/mol. The van der Waals surface area contributed by atoms with Gasteiger partial charge in [-0.05, 0) is 6.42 Å². The lowest BCUT2D eigenvalue weighted by Crippen LogP contribution is -2.29. The Balaban J connectivity index is 2.21. The minimum atomic E-state index is -0.780. The van der Waals surface area contributed by atoms with Crippen LogP contribution in [0.15, 0.2) is 0 Å². The van der Waals surface area contributed by atoms with E-state index >= 15 is 0 Å². The van der Waals surface area contributed by atoms with Crippen molar-refractivity contribution in [2.45, 2.75) is 31.9 Å². The van der Waals surface area contributed by atoms with Gasteiger partial charge in [-0.25, -0.2) is 0 Å². The van der Waals surface area contributed by atoms with Crippen molar-refractivity contribution in [2.75, 3.05) is 13.2 Å². The van der Waals surface area contributed by atoms with Gasteiger partial charge in [-0.1, -0.05) is 6.92 Å². The maximum Gasteiger partial charge on any atom is 0.320 e. The number of rotatable bonds is 4. The number of hydrogen-bond donors (Lipinski definition) is 2. The normalized spacial score (nSPS) is 29.1. The molecule has 0 amide bonds. The summed E-state index contributed by atoms with van der Waals surface area (Å²) >= 11 is 0. The molecular weight excluding hydrogens is 158 g/mol. The average molecular weight is 173 g/mol. The molecule has 1 rings (SSSR count). The predicted octanol–water partition coefficient (Wildman–Crippen LogP) is 0.228. The molecule has 1 unspecified atom stereocenters. The molecule has 0 bridgehead atoms. The first-order valence-corrected chi connectivity index (χ1v) is 4.31. The lowest BCUT2D eigenvalue weighted by Gasteiger charge is -2.08. The molecule has 4 nitrogen and oxygen atoms in total. The van der Waals surface area contributed by atoms with E-state index in [1.165, 1.54) is 0 Å². The molecule has 0 aromatic rings. The van der Waals surface area contributed by atoms with E-state index < -0.39 is 12.0 Å². The fraction of sp³-hybridized carbons (Fsp3) is 0.875. The third kappa shape index (κ3) is 2.46. The molecule has 1 fully saturated rings. The van der Waals surface area contributed by atoms with Crippen LogP contribution in [0.2, 0.25) is 0 Å². The first kappa shape index (κ1) is 9.48. The Hall–Kier alpha value is -0.610. The first-order chi connectivity index (χ1) is 5.74. The predicted molar refractivity (Wildman–Crippen MR) is 44.1 cm³/mol. The highest BCUT2D eigenvalue weighted by molar-refractivity contribution is 5.73. The summed E-state index contributed by atoms with van der Waals surface area (Å²) in [6.45, 7) is 3.42. The molecule has 2 atom stereocenters. The zero-order chi connectivity index (χ0) is 8.97. The van der Waals surface area contributed by atoms with E-state index in [2.05, 4.69) is 5.32 Å². The summed E-state index contributed by atoms with van der Waals surface area (Å²) in [7, 11) is 0. The third-order valence-corrected chi connectivity index (χ3v) is 1.95. The summed E-state index contributed by atoms with van der Waals surface area (Å²) in [5.41, 5.74) is 0. The van der Waals surface area contributed by atoms with Crippen LogP contribution >= 0.6 is 0 Å². The first-order valence-electron chi connectivity index (χ1n) is 4.31. The maximum absolute atomic E-state index is 10.5. The van der Waals surface area contributed by atoms with Gasteiger partial charge in [0.15, 0.2) is 0 Å². The minimum absolute atomic E-state index is 0.0889. The number of carboxylic acids is 1. The second kappa shape index (κ2) is 4.42. The van der Waals surface area contributed by atoms with Gasteiger partial charge in [0, 0.05) is 19.6 Å². The van der Waals surface area contributed by atoms with Crippen LogP contribution in [0.3, 0.4) is 0 Å². The molecule has 0 aromatic carbocycles. The van der Waals surface area contributed by atoms with Crippen LogP contribution in [0.4, 0.5) is 0 Å². The highest BCUT2D eigenvalue weighted by Gasteiger charge is 2.29. The van der Waals surface area contributed by atoms with Crippen molar-refractivity contribution in [1.82, 2.24) is 5.32 Å². The Labute approximate surface area is 71.9 Å². The van der Waals surface area contributed by atoms with Crippen LogP contribution in [0.25, 0.3) is 0 Å². The van der Waals surface area contributed by atoms with E-state index in [4.69, 9.17) is 9.84 Å². The van der Waals surface area contributed by atoms with Gasteiger partial charge in [0.25, 0.3) is 0 Å². The lowest BCUT2D eigenvalue weighted by molar-refractivity contribution is -0.139. The molecule has 0 aromatic heterocycles. The second-order valence-electron chi connectivity index (χ2n) is 3.03. The van der Waals surface area contributed by atoms with Gasteiger partial charge in [-0.2, -0.15) is 0 Å². The number of hydrogen-bond acceptors (Lipinski definition) is 3. The summed E-state index contributed by atoms with van der Waals surface area (Å²) < 4.78 is 5.41. The molecule has 1 aliphatic rings. The summed E-state index contributed by atoms with van der Waals surface area (Å²) in [6.07, 6.45) is 1.66. The Kier molecular flexibility index (Phi) is 3.49. The van der Waals surface area contributed by atoms with Crippen molar-refractivity contribution >= 4 is 5.97 Å². The van der Waals surface area contributed by atoms with Gasteiger partial charge >= 0.3 is 5.97 Å². The zero-order valence-corrected chi connectivity index (χ0v) is 7.25. The molecule has 0 saturated carbocycles. The van der Waals surface area contributed by atoms with E-state index in [0.29, 0.717) is 13.0 Å². The molecule has 12 heavy (non-hydrogen) atoms.